The smallest absolute Gasteiger partial charge is 0.328 e. The van der Waals surface area contributed by atoms with Crippen molar-refractivity contribution in [1.82, 2.24) is 20.1 Å². The van der Waals surface area contributed by atoms with Crippen LogP contribution in [0.25, 0.3) is 0 Å². The molecular formula is C17H29N5O4S. The molecule has 1 saturated heterocycles. The lowest BCUT2D eigenvalue weighted by Crippen LogP contribution is -2.46. The standard InChI is InChI=1S/C17H29N5O4S/c1-5-12(3)14(15(24)25-4)18-13(23)11-27-17-20-19-16(22(17)6-2)21-7-9-26-10-8-21/h12,14H,5-11H2,1-4H3,(H,18,23)/t12-,14-/m0/s1. The molecular weight excluding hydrogens is 370 g/mol. The normalized spacial score (nSPS) is 16.7. The minimum absolute atomic E-state index is 0.00128. The maximum absolute atomic E-state index is 12.4. The van der Waals surface area contributed by atoms with Gasteiger partial charge in [0, 0.05) is 19.6 Å². The van der Waals surface area contributed by atoms with Gasteiger partial charge < -0.3 is 19.7 Å². The number of carbonyl (C=O) groups excluding carboxylic acids is 2. The van der Waals surface area contributed by atoms with Gasteiger partial charge in [-0.15, -0.1) is 10.2 Å². The maximum atomic E-state index is 12.4. The van der Waals surface area contributed by atoms with Gasteiger partial charge in [0.05, 0.1) is 26.1 Å². The molecule has 2 rings (SSSR count). The number of amides is 1. The van der Waals surface area contributed by atoms with Crippen LogP contribution in [-0.4, -0.2) is 71.8 Å². The van der Waals surface area contributed by atoms with E-state index in [1.165, 1.54) is 18.9 Å². The van der Waals surface area contributed by atoms with Crippen LogP contribution in [0, 0.1) is 5.92 Å². The molecule has 10 heteroatoms. The number of hydrogen-bond acceptors (Lipinski definition) is 8. The van der Waals surface area contributed by atoms with Crippen LogP contribution in [0.3, 0.4) is 0 Å². The Morgan fingerprint density at radius 3 is 2.59 bits per heavy atom. The number of aromatic nitrogens is 3. The van der Waals surface area contributed by atoms with E-state index in [1.807, 2.05) is 25.3 Å². The van der Waals surface area contributed by atoms with Crippen molar-refractivity contribution in [1.29, 1.82) is 0 Å². The van der Waals surface area contributed by atoms with Gasteiger partial charge in [-0.2, -0.15) is 0 Å². The van der Waals surface area contributed by atoms with Crippen molar-refractivity contribution in [2.45, 2.75) is 44.9 Å². The first-order valence-electron chi connectivity index (χ1n) is 9.27. The van der Waals surface area contributed by atoms with E-state index in [9.17, 15) is 9.59 Å². The van der Waals surface area contributed by atoms with Crippen LogP contribution in [0.2, 0.25) is 0 Å². The van der Waals surface area contributed by atoms with Crippen molar-refractivity contribution in [2.24, 2.45) is 5.92 Å². The summed E-state index contributed by atoms with van der Waals surface area (Å²) < 4.78 is 12.2. The zero-order valence-electron chi connectivity index (χ0n) is 16.4. The average molecular weight is 400 g/mol. The maximum Gasteiger partial charge on any atom is 0.328 e. The van der Waals surface area contributed by atoms with Gasteiger partial charge >= 0.3 is 5.97 Å². The van der Waals surface area contributed by atoms with Crippen molar-refractivity contribution in [3.8, 4) is 0 Å². The zero-order valence-corrected chi connectivity index (χ0v) is 17.3. The Morgan fingerprint density at radius 2 is 2.00 bits per heavy atom. The number of morpholine rings is 1. The predicted molar refractivity (Wildman–Crippen MR) is 103 cm³/mol. The summed E-state index contributed by atoms with van der Waals surface area (Å²) in [6.45, 7) is 9.51. The number of ether oxygens (including phenoxy) is 2. The van der Waals surface area contributed by atoms with E-state index in [0.29, 0.717) is 24.9 Å². The third-order valence-electron chi connectivity index (χ3n) is 4.62. The zero-order chi connectivity index (χ0) is 19.8. The number of methoxy groups -OCH3 is 1. The third kappa shape index (κ3) is 5.58. The quantitative estimate of drug-likeness (QED) is 0.484. The van der Waals surface area contributed by atoms with E-state index in [1.54, 1.807) is 0 Å². The molecule has 2 heterocycles. The second-order valence-corrected chi connectivity index (χ2v) is 7.31. The van der Waals surface area contributed by atoms with E-state index in [0.717, 1.165) is 25.5 Å². The largest absolute Gasteiger partial charge is 0.467 e. The van der Waals surface area contributed by atoms with Gasteiger partial charge in [0.2, 0.25) is 11.9 Å². The number of anilines is 1. The molecule has 2 atom stereocenters. The highest BCUT2D eigenvalue weighted by Crippen LogP contribution is 2.22. The lowest BCUT2D eigenvalue weighted by Gasteiger charge is -2.27. The van der Waals surface area contributed by atoms with Crippen LogP contribution in [0.15, 0.2) is 5.16 Å². The van der Waals surface area contributed by atoms with Gasteiger partial charge in [-0.25, -0.2) is 4.79 Å². The van der Waals surface area contributed by atoms with Crippen LogP contribution in [0.5, 0.6) is 0 Å². The van der Waals surface area contributed by atoms with E-state index < -0.39 is 12.0 Å². The molecule has 0 aromatic carbocycles. The molecule has 0 unspecified atom stereocenters. The first-order chi connectivity index (χ1) is 13.0. The number of esters is 1. The number of thioether (sulfide) groups is 1. The lowest BCUT2D eigenvalue weighted by atomic mass is 9.99. The average Bonchev–Trinajstić information content (AvgIpc) is 3.12. The number of hydrogen-bond donors (Lipinski definition) is 1. The monoisotopic (exact) mass is 399 g/mol. The summed E-state index contributed by atoms with van der Waals surface area (Å²) in [6, 6.07) is -0.638. The summed E-state index contributed by atoms with van der Waals surface area (Å²) in [6.07, 6.45) is 0.764. The minimum atomic E-state index is -0.638. The highest BCUT2D eigenvalue weighted by molar-refractivity contribution is 7.99. The van der Waals surface area contributed by atoms with Crippen molar-refractivity contribution < 1.29 is 19.1 Å². The number of carbonyl (C=O) groups is 2. The molecule has 152 valence electrons. The fourth-order valence-corrected chi connectivity index (χ4v) is 3.61. The molecule has 27 heavy (non-hydrogen) atoms. The van der Waals surface area contributed by atoms with E-state index >= 15 is 0 Å². The molecule has 1 amide bonds. The number of rotatable bonds is 9. The molecule has 1 N–H and O–H groups in total. The fourth-order valence-electron chi connectivity index (χ4n) is 2.80. The van der Waals surface area contributed by atoms with Gasteiger partial charge in [-0.3, -0.25) is 9.36 Å². The molecule has 1 fully saturated rings. The van der Waals surface area contributed by atoms with Gasteiger partial charge in [0.25, 0.3) is 0 Å². The third-order valence-corrected chi connectivity index (χ3v) is 5.59. The summed E-state index contributed by atoms with van der Waals surface area (Å²) in [5, 5.41) is 12.0. The summed E-state index contributed by atoms with van der Waals surface area (Å²) in [5.74, 6) is 0.309. The van der Waals surface area contributed by atoms with E-state index in [4.69, 9.17) is 9.47 Å². The van der Waals surface area contributed by atoms with E-state index in [2.05, 4.69) is 20.4 Å². The molecule has 1 aliphatic rings. The van der Waals surface area contributed by atoms with Gasteiger partial charge in [0.1, 0.15) is 6.04 Å². The SMILES string of the molecule is CC[C@H](C)[C@H](NC(=O)CSc1nnc(N2CCOCC2)n1CC)C(=O)OC. The Kier molecular flexibility index (Phi) is 8.36. The van der Waals surface area contributed by atoms with Crippen molar-refractivity contribution >= 4 is 29.6 Å². The summed E-state index contributed by atoms with van der Waals surface area (Å²) in [7, 11) is 1.33. The second kappa shape index (κ2) is 10.5. The van der Waals surface area contributed by atoms with Crippen molar-refractivity contribution in [3.05, 3.63) is 0 Å². The highest BCUT2D eigenvalue weighted by atomic mass is 32.2. The topological polar surface area (TPSA) is 98.6 Å². The first-order valence-corrected chi connectivity index (χ1v) is 10.3. The molecule has 0 saturated carbocycles. The molecule has 0 aliphatic carbocycles. The molecule has 0 bridgehead atoms. The molecule has 9 nitrogen and oxygen atoms in total. The summed E-state index contributed by atoms with van der Waals surface area (Å²) in [5.41, 5.74) is 0. The number of nitrogens with zero attached hydrogens (tertiary/aromatic N) is 4. The van der Waals surface area contributed by atoms with Gasteiger partial charge in [-0.1, -0.05) is 32.0 Å². The van der Waals surface area contributed by atoms with Gasteiger partial charge in [-0.05, 0) is 12.8 Å². The fraction of sp³-hybridized carbons (Fsp3) is 0.765. The molecule has 1 aromatic rings. The first kappa shape index (κ1) is 21.5. The van der Waals surface area contributed by atoms with E-state index in [-0.39, 0.29) is 17.6 Å². The Morgan fingerprint density at radius 1 is 1.30 bits per heavy atom. The Bertz CT molecular complexity index is 633. The Balaban J connectivity index is 1.98. The minimum Gasteiger partial charge on any atom is -0.467 e. The molecule has 1 aliphatic heterocycles. The predicted octanol–water partition coefficient (Wildman–Crippen LogP) is 0.931. The lowest BCUT2D eigenvalue weighted by molar-refractivity contribution is -0.146. The Labute approximate surface area is 164 Å². The van der Waals surface area contributed by atoms with Crippen LogP contribution in [0.4, 0.5) is 5.95 Å². The van der Waals surface area contributed by atoms with Crippen LogP contribution in [-0.2, 0) is 25.6 Å². The summed E-state index contributed by atoms with van der Waals surface area (Å²) in [4.78, 5) is 26.4. The Hall–Kier alpha value is -1.81. The van der Waals surface area contributed by atoms with Gasteiger partial charge in [0.15, 0.2) is 5.16 Å². The summed E-state index contributed by atoms with van der Waals surface area (Å²) >= 11 is 1.31. The second-order valence-electron chi connectivity index (χ2n) is 6.37. The molecule has 1 aromatic heterocycles. The van der Waals surface area contributed by atoms with Crippen LogP contribution in [0.1, 0.15) is 27.2 Å². The van der Waals surface area contributed by atoms with Crippen molar-refractivity contribution in [2.75, 3.05) is 44.1 Å². The highest BCUT2D eigenvalue weighted by Gasteiger charge is 2.27. The van der Waals surface area contributed by atoms with Crippen LogP contribution >= 0.6 is 11.8 Å². The van der Waals surface area contributed by atoms with Crippen LogP contribution < -0.4 is 10.2 Å². The van der Waals surface area contributed by atoms with Crippen molar-refractivity contribution in [3.63, 3.8) is 0 Å². The number of nitrogens with one attached hydrogen (secondary N) is 1. The molecule has 0 spiro atoms. The molecule has 0 radical (unpaired) electrons.